The number of benzene rings is 2. The number of ether oxygens (including phenoxy) is 1. The first-order valence-electron chi connectivity index (χ1n) is 13.6. The predicted octanol–water partition coefficient (Wildman–Crippen LogP) is 3.01. The number of carboxylic acids is 1. The van der Waals surface area contributed by atoms with Gasteiger partial charge in [-0.05, 0) is 75.3 Å². The molecule has 41 heavy (non-hydrogen) atoms. The molecule has 8 N–H and O–H groups in total. The van der Waals surface area contributed by atoms with Gasteiger partial charge in [-0.3, -0.25) is 9.59 Å². The van der Waals surface area contributed by atoms with Gasteiger partial charge in [-0.1, -0.05) is 54.1 Å². The number of carboxylic acid groups (broad SMARTS) is 1. The normalized spacial score (nSPS) is 13.8. The zero-order valence-electron chi connectivity index (χ0n) is 23.2. The largest absolute Gasteiger partial charge is 0.480 e. The van der Waals surface area contributed by atoms with Crippen LogP contribution in [0.2, 0.25) is 5.02 Å². The standard InChI is InChI=1S/C29H40ClN5O6/c1-19(21-13-15-22(30)16-14-21)33-26(36)24(34-29(40)35-25(27(37)38)11-5-6-17-31)12-7-10-23(32)28(39)41-18-20-8-3-2-4-9-20/h2-4,8-9,13-16,19,23-25H,5-7,10-12,17-18,31-32H2,1H3,(H,33,36)(H,37,38)(H2,34,35,40)/t19-,23+,24?,25-/m0/s1. The first-order chi connectivity index (χ1) is 19.6. The molecular weight excluding hydrogens is 550 g/mol. The molecule has 2 aromatic rings. The number of aliphatic carboxylic acids is 1. The summed E-state index contributed by atoms with van der Waals surface area (Å²) in [6.45, 7) is 2.29. The van der Waals surface area contributed by atoms with Crippen molar-refractivity contribution < 1.29 is 29.0 Å². The van der Waals surface area contributed by atoms with Crippen LogP contribution in [-0.2, 0) is 25.7 Å². The van der Waals surface area contributed by atoms with Crippen LogP contribution in [-0.4, -0.2) is 53.7 Å². The average Bonchev–Trinajstić information content (AvgIpc) is 2.95. The number of halogens is 1. The van der Waals surface area contributed by atoms with Gasteiger partial charge in [0, 0.05) is 5.02 Å². The number of rotatable bonds is 17. The van der Waals surface area contributed by atoms with E-state index >= 15 is 0 Å². The van der Waals surface area contributed by atoms with Gasteiger partial charge in [0.2, 0.25) is 5.91 Å². The molecule has 0 aliphatic carbocycles. The minimum Gasteiger partial charge on any atom is -0.480 e. The molecule has 0 aliphatic rings. The maximum atomic E-state index is 13.2. The van der Waals surface area contributed by atoms with Crippen LogP contribution in [0, 0.1) is 0 Å². The summed E-state index contributed by atoms with van der Waals surface area (Å²) in [7, 11) is 0. The van der Waals surface area contributed by atoms with E-state index in [1.54, 1.807) is 31.2 Å². The first-order valence-corrected chi connectivity index (χ1v) is 14.0. The molecule has 0 radical (unpaired) electrons. The lowest BCUT2D eigenvalue weighted by molar-refractivity contribution is -0.146. The van der Waals surface area contributed by atoms with E-state index in [9.17, 15) is 24.3 Å². The molecule has 0 saturated heterocycles. The fourth-order valence-electron chi connectivity index (χ4n) is 4.02. The van der Waals surface area contributed by atoms with Crippen molar-refractivity contribution in [3.8, 4) is 0 Å². The van der Waals surface area contributed by atoms with Crippen molar-refractivity contribution in [3.63, 3.8) is 0 Å². The molecule has 0 saturated carbocycles. The van der Waals surface area contributed by atoms with Crippen molar-refractivity contribution in [1.29, 1.82) is 0 Å². The molecule has 0 heterocycles. The zero-order valence-corrected chi connectivity index (χ0v) is 23.9. The summed E-state index contributed by atoms with van der Waals surface area (Å²) >= 11 is 5.96. The van der Waals surface area contributed by atoms with Gasteiger partial charge in [0.05, 0.1) is 6.04 Å². The van der Waals surface area contributed by atoms with Gasteiger partial charge in [0.25, 0.3) is 0 Å². The first kappa shape index (κ1) is 33.5. The highest BCUT2D eigenvalue weighted by molar-refractivity contribution is 6.30. The van der Waals surface area contributed by atoms with E-state index in [-0.39, 0.29) is 25.9 Å². The molecule has 11 nitrogen and oxygen atoms in total. The van der Waals surface area contributed by atoms with E-state index < -0.39 is 48.0 Å². The van der Waals surface area contributed by atoms with Crippen molar-refractivity contribution >= 4 is 35.5 Å². The second kappa shape index (κ2) is 17.9. The van der Waals surface area contributed by atoms with Crippen LogP contribution in [0.15, 0.2) is 54.6 Å². The molecule has 1 unspecified atom stereocenters. The van der Waals surface area contributed by atoms with Crippen LogP contribution in [0.5, 0.6) is 0 Å². The van der Waals surface area contributed by atoms with Crippen LogP contribution < -0.4 is 27.4 Å². The number of nitrogens with two attached hydrogens (primary N) is 2. The lowest BCUT2D eigenvalue weighted by Gasteiger charge is -2.23. The molecule has 3 amide bonds. The lowest BCUT2D eigenvalue weighted by Crippen LogP contribution is -2.53. The van der Waals surface area contributed by atoms with Crippen LogP contribution in [0.4, 0.5) is 4.79 Å². The minimum absolute atomic E-state index is 0.0960. The summed E-state index contributed by atoms with van der Waals surface area (Å²) in [5.41, 5.74) is 13.1. The predicted molar refractivity (Wildman–Crippen MR) is 156 cm³/mol. The SMILES string of the molecule is C[C@H](NC(=O)C(CCC[C@@H](N)C(=O)OCc1ccccc1)NC(=O)N[C@@H](CCCCN)C(=O)O)c1ccc(Cl)cc1. The Bertz CT molecular complexity index is 1120. The molecule has 0 aliphatic heterocycles. The Morgan fingerprint density at radius 1 is 0.878 bits per heavy atom. The minimum atomic E-state index is -1.19. The second-order valence-electron chi connectivity index (χ2n) is 9.76. The fourth-order valence-corrected chi connectivity index (χ4v) is 4.15. The van der Waals surface area contributed by atoms with E-state index in [2.05, 4.69) is 16.0 Å². The summed E-state index contributed by atoms with van der Waals surface area (Å²) in [6, 6.07) is 11.9. The Hall–Kier alpha value is -3.67. The lowest BCUT2D eigenvalue weighted by atomic mass is 10.0. The smallest absolute Gasteiger partial charge is 0.326 e. The number of carbonyl (C=O) groups is 4. The van der Waals surface area contributed by atoms with Crippen LogP contribution in [0.1, 0.15) is 62.6 Å². The monoisotopic (exact) mass is 589 g/mol. The molecule has 2 aromatic carbocycles. The summed E-state index contributed by atoms with van der Waals surface area (Å²) in [5, 5.41) is 17.9. The van der Waals surface area contributed by atoms with Gasteiger partial charge in [-0.25, -0.2) is 9.59 Å². The van der Waals surface area contributed by atoms with Gasteiger partial charge in [0.15, 0.2) is 0 Å². The van der Waals surface area contributed by atoms with Gasteiger partial charge in [-0.15, -0.1) is 0 Å². The number of hydrogen-bond donors (Lipinski definition) is 6. The number of carbonyl (C=O) groups excluding carboxylic acids is 3. The van der Waals surface area contributed by atoms with E-state index in [1.165, 1.54) is 0 Å². The highest BCUT2D eigenvalue weighted by Gasteiger charge is 2.26. The summed E-state index contributed by atoms with van der Waals surface area (Å²) < 4.78 is 5.28. The van der Waals surface area contributed by atoms with Crippen molar-refractivity contribution in [3.05, 3.63) is 70.7 Å². The molecule has 224 valence electrons. The van der Waals surface area contributed by atoms with Crippen LogP contribution in [0.3, 0.4) is 0 Å². The Balaban J connectivity index is 1.99. The van der Waals surface area contributed by atoms with Crippen LogP contribution >= 0.6 is 11.6 Å². The topological polar surface area (TPSA) is 186 Å². The highest BCUT2D eigenvalue weighted by Crippen LogP contribution is 2.17. The van der Waals surface area contributed by atoms with E-state index in [0.717, 1.165) is 11.1 Å². The summed E-state index contributed by atoms with van der Waals surface area (Å²) in [6.07, 6.45) is 2.02. The zero-order chi connectivity index (χ0) is 30.2. The maximum Gasteiger partial charge on any atom is 0.326 e. The molecule has 12 heteroatoms. The number of amides is 3. The molecule has 0 fully saturated rings. The Labute approximate surface area is 245 Å². The van der Waals surface area contributed by atoms with Crippen molar-refractivity contribution in [2.24, 2.45) is 11.5 Å². The van der Waals surface area contributed by atoms with Crippen molar-refractivity contribution in [2.45, 2.75) is 76.2 Å². The summed E-state index contributed by atoms with van der Waals surface area (Å²) in [4.78, 5) is 49.9. The molecular formula is C29H40ClN5O6. The van der Waals surface area contributed by atoms with Gasteiger partial charge < -0.3 is 37.3 Å². The molecule has 0 spiro atoms. The number of hydrogen-bond acceptors (Lipinski definition) is 7. The van der Waals surface area contributed by atoms with E-state index in [0.29, 0.717) is 30.8 Å². The Morgan fingerprint density at radius 2 is 1.51 bits per heavy atom. The van der Waals surface area contributed by atoms with Gasteiger partial charge >= 0.3 is 18.0 Å². The van der Waals surface area contributed by atoms with Gasteiger partial charge in [-0.2, -0.15) is 0 Å². The third-order valence-corrected chi connectivity index (χ3v) is 6.69. The number of nitrogens with one attached hydrogen (secondary N) is 3. The van der Waals surface area contributed by atoms with Crippen molar-refractivity contribution in [2.75, 3.05) is 6.54 Å². The molecule has 0 aromatic heterocycles. The quantitative estimate of drug-likeness (QED) is 0.120. The van der Waals surface area contributed by atoms with Crippen LogP contribution in [0.25, 0.3) is 0 Å². The highest BCUT2D eigenvalue weighted by atomic mass is 35.5. The average molecular weight is 590 g/mol. The molecule has 0 bridgehead atoms. The summed E-state index contributed by atoms with van der Waals surface area (Å²) in [5.74, 6) is -2.23. The number of urea groups is 1. The van der Waals surface area contributed by atoms with E-state index in [1.807, 2.05) is 30.3 Å². The number of unbranched alkanes of at least 4 members (excludes halogenated alkanes) is 1. The number of esters is 1. The van der Waals surface area contributed by atoms with Crippen molar-refractivity contribution in [1.82, 2.24) is 16.0 Å². The third kappa shape index (κ3) is 12.6. The Morgan fingerprint density at radius 3 is 2.15 bits per heavy atom. The Kier molecular flexibility index (Phi) is 14.6. The van der Waals surface area contributed by atoms with Gasteiger partial charge in [0.1, 0.15) is 24.7 Å². The third-order valence-electron chi connectivity index (χ3n) is 6.44. The fraction of sp³-hybridized carbons (Fsp3) is 0.448. The molecule has 4 atom stereocenters. The molecule has 2 rings (SSSR count). The van der Waals surface area contributed by atoms with E-state index in [4.69, 9.17) is 27.8 Å². The maximum absolute atomic E-state index is 13.2. The second-order valence-corrected chi connectivity index (χ2v) is 10.2.